The van der Waals surface area contributed by atoms with Gasteiger partial charge in [0.2, 0.25) is 10.0 Å². The Labute approximate surface area is 122 Å². The van der Waals surface area contributed by atoms with E-state index in [1.54, 1.807) is 17.6 Å². The molecule has 108 valence electrons. The number of nitrogens with one attached hydrogen (secondary N) is 1. The molecule has 0 saturated heterocycles. The van der Waals surface area contributed by atoms with Crippen molar-refractivity contribution in [1.82, 2.24) is 19.2 Å². The number of nitrogens with zero attached hydrogens (tertiary/aromatic N) is 3. The molecular formula is C12H16N4O2S2. The van der Waals surface area contributed by atoms with Crippen LogP contribution < -0.4 is 5.32 Å². The highest BCUT2D eigenvalue weighted by molar-refractivity contribution is 7.89. The molecule has 1 aliphatic rings. The molecule has 0 aliphatic carbocycles. The van der Waals surface area contributed by atoms with Gasteiger partial charge in [-0.2, -0.15) is 4.31 Å². The van der Waals surface area contributed by atoms with Gasteiger partial charge in [-0.05, 0) is 13.1 Å². The van der Waals surface area contributed by atoms with Crippen molar-refractivity contribution in [2.24, 2.45) is 0 Å². The first-order valence-electron chi connectivity index (χ1n) is 6.33. The lowest BCUT2D eigenvalue weighted by Crippen LogP contribution is -2.38. The molecule has 6 nitrogen and oxygen atoms in total. The van der Waals surface area contributed by atoms with Crippen molar-refractivity contribution in [3.05, 3.63) is 34.5 Å². The molecule has 1 N–H and O–H groups in total. The van der Waals surface area contributed by atoms with E-state index in [2.05, 4.69) is 10.3 Å². The van der Waals surface area contributed by atoms with Crippen LogP contribution >= 0.6 is 11.3 Å². The zero-order chi connectivity index (χ0) is 14.2. The number of hydrogen-bond donors (Lipinski definition) is 1. The van der Waals surface area contributed by atoms with E-state index < -0.39 is 10.0 Å². The Morgan fingerprint density at radius 1 is 1.45 bits per heavy atom. The summed E-state index contributed by atoms with van der Waals surface area (Å²) in [6.45, 7) is 2.17. The van der Waals surface area contributed by atoms with Gasteiger partial charge in [0.15, 0.2) is 0 Å². The molecule has 0 saturated carbocycles. The van der Waals surface area contributed by atoms with E-state index in [-0.39, 0.29) is 0 Å². The molecule has 3 heterocycles. The van der Waals surface area contributed by atoms with Gasteiger partial charge >= 0.3 is 0 Å². The highest BCUT2D eigenvalue weighted by Crippen LogP contribution is 2.25. The van der Waals surface area contributed by atoms with Crippen LogP contribution in [0.2, 0.25) is 0 Å². The molecular weight excluding hydrogens is 296 g/mol. The number of hydrogen-bond acceptors (Lipinski definition) is 5. The number of aromatic nitrogens is 2. The van der Waals surface area contributed by atoms with Gasteiger partial charge in [-0.15, -0.1) is 11.3 Å². The van der Waals surface area contributed by atoms with Gasteiger partial charge in [0, 0.05) is 42.3 Å². The standard InChI is InChI=1S/C12H16N4O2S2/c1-13-7-10-6-11(9-19-10)20(17,18)16-5-4-15-3-2-14-12(15)8-16/h2-3,6,9,13H,4-5,7-8H2,1H3. The van der Waals surface area contributed by atoms with E-state index in [9.17, 15) is 8.42 Å². The maximum atomic E-state index is 12.6. The molecule has 3 rings (SSSR count). The van der Waals surface area contributed by atoms with E-state index in [0.29, 0.717) is 31.1 Å². The highest BCUT2D eigenvalue weighted by atomic mass is 32.2. The molecule has 0 unspecified atom stereocenters. The number of thiophene rings is 1. The molecule has 0 amide bonds. The minimum absolute atomic E-state index is 0.340. The number of fused-ring (bicyclic) bond motifs is 1. The Balaban J connectivity index is 1.85. The summed E-state index contributed by atoms with van der Waals surface area (Å²) in [7, 11) is -1.57. The van der Waals surface area contributed by atoms with Gasteiger partial charge in [-0.25, -0.2) is 13.4 Å². The second kappa shape index (κ2) is 5.28. The molecule has 0 bridgehead atoms. The molecule has 2 aromatic rings. The van der Waals surface area contributed by atoms with Crippen LogP contribution in [-0.4, -0.2) is 35.9 Å². The van der Waals surface area contributed by atoms with Crippen LogP contribution in [-0.2, 0) is 29.7 Å². The fourth-order valence-corrected chi connectivity index (χ4v) is 4.93. The monoisotopic (exact) mass is 312 g/mol. The molecule has 0 atom stereocenters. The lowest BCUT2D eigenvalue weighted by atomic mass is 10.4. The Morgan fingerprint density at radius 2 is 2.30 bits per heavy atom. The third-order valence-corrected chi connectivity index (χ3v) is 6.24. The van der Waals surface area contributed by atoms with Crippen LogP contribution in [0.1, 0.15) is 10.7 Å². The van der Waals surface area contributed by atoms with Gasteiger partial charge < -0.3 is 9.88 Å². The zero-order valence-corrected chi connectivity index (χ0v) is 12.7. The van der Waals surface area contributed by atoms with Crippen LogP contribution in [0.4, 0.5) is 0 Å². The molecule has 0 aromatic carbocycles. The van der Waals surface area contributed by atoms with E-state index in [0.717, 1.165) is 10.7 Å². The maximum absolute atomic E-state index is 12.6. The minimum atomic E-state index is -3.42. The van der Waals surface area contributed by atoms with Crippen LogP contribution in [0, 0.1) is 0 Å². The topological polar surface area (TPSA) is 67.2 Å². The lowest BCUT2D eigenvalue weighted by molar-refractivity contribution is 0.335. The SMILES string of the molecule is CNCc1cc(S(=O)(=O)N2CCn3ccnc3C2)cs1. The quantitative estimate of drug-likeness (QED) is 0.909. The summed E-state index contributed by atoms with van der Waals surface area (Å²) < 4.78 is 28.7. The van der Waals surface area contributed by atoms with E-state index in [1.807, 2.05) is 17.8 Å². The fourth-order valence-electron chi connectivity index (χ4n) is 2.27. The summed E-state index contributed by atoms with van der Waals surface area (Å²) in [5, 5.41) is 4.74. The molecule has 1 aliphatic heterocycles. The zero-order valence-electron chi connectivity index (χ0n) is 11.1. The van der Waals surface area contributed by atoms with E-state index in [4.69, 9.17) is 0 Å². The van der Waals surface area contributed by atoms with E-state index >= 15 is 0 Å². The van der Waals surface area contributed by atoms with Gasteiger partial charge in [-0.1, -0.05) is 0 Å². The predicted molar refractivity (Wildman–Crippen MR) is 76.9 cm³/mol. The van der Waals surface area contributed by atoms with Crippen molar-refractivity contribution in [3.8, 4) is 0 Å². The summed E-state index contributed by atoms with van der Waals surface area (Å²) >= 11 is 1.46. The second-order valence-corrected chi connectivity index (χ2v) is 7.59. The molecule has 0 spiro atoms. The third kappa shape index (κ3) is 2.39. The number of sulfonamides is 1. The summed E-state index contributed by atoms with van der Waals surface area (Å²) in [4.78, 5) is 5.60. The molecule has 20 heavy (non-hydrogen) atoms. The summed E-state index contributed by atoms with van der Waals surface area (Å²) in [6.07, 6.45) is 3.59. The van der Waals surface area contributed by atoms with E-state index in [1.165, 1.54) is 15.6 Å². The number of imidazole rings is 1. The minimum Gasteiger partial charge on any atom is -0.333 e. The summed E-state index contributed by atoms with van der Waals surface area (Å²) in [5.41, 5.74) is 0. The molecule has 2 aromatic heterocycles. The maximum Gasteiger partial charge on any atom is 0.244 e. The van der Waals surface area contributed by atoms with Crippen molar-refractivity contribution < 1.29 is 8.42 Å². The van der Waals surface area contributed by atoms with Crippen molar-refractivity contribution in [3.63, 3.8) is 0 Å². The first-order valence-corrected chi connectivity index (χ1v) is 8.65. The first kappa shape index (κ1) is 13.7. The molecule has 8 heteroatoms. The fraction of sp³-hybridized carbons (Fsp3) is 0.417. The van der Waals surface area contributed by atoms with Gasteiger partial charge in [0.1, 0.15) is 5.82 Å². The predicted octanol–water partition coefficient (Wildman–Crippen LogP) is 0.868. The second-order valence-electron chi connectivity index (χ2n) is 4.65. The van der Waals surface area contributed by atoms with Gasteiger partial charge in [-0.3, -0.25) is 0 Å². The van der Waals surface area contributed by atoms with Crippen LogP contribution in [0.5, 0.6) is 0 Å². The summed E-state index contributed by atoms with van der Waals surface area (Å²) in [5.74, 6) is 0.797. The van der Waals surface area contributed by atoms with Crippen molar-refractivity contribution in [1.29, 1.82) is 0 Å². The Hall–Kier alpha value is -1.22. The first-order chi connectivity index (χ1) is 9.61. The Kier molecular flexibility index (Phi) is 3.63. The number of rotatable bonds is 4. The Morgan fingerprint density at radius 3 is 3.10 bits per heavy atom. The largest absolute Gasteiger partial charge is 0.333 e. The third-order valence-electron chi connectivity index (χ3n) is 3.33. The average molecular weight is 312 g/mol. The van der Waals surface area contributed by atoms with Gasteiger partial charge in [0.05, 0.1) is 11.4 Å². The average Bonchev–Trinajstić information content (AvgIpc) is 3.06. The van der Waals surface area contributed by atoms with Crippen molar-refractivity contribution in [2.45, 2.75) is 24.5 Å². The van der Waals surface area contributed by atoms with Crippen molar-refractivity contribution >= 4 is 21.4 Å². The van der Waals surface area contributed by atoms with Gasteiger partial charge in [0.25, 0.3) is 0 Å². The molecule has 0 fully saturated rings. The highest BCUT2D eigenvalue weighted by Gasteiger charge is 2.29. The smallest absolute Gasteiger partial charge is 0.244 e. The van der Waals surface area contributed by atoms with Crippen LogP contribution in [0.3, 0.4) is 0 Å². The normalized spacial score (nSPS) is 16.2. The van der Waals surface area contributed by atoms with Crippen LogP contribution in [0.25, 0.3) is 0 Å². The lowest BCUT2D eigenvalue weighted by Gasteiger charge is -2.26. The molecule has 0 radical (unpaired) electrons. The Bertz CT molecular complexity index is 705. The van der Waals surface area contributed by atoms with Crippen LogP contribution in [0.15, 0.2) is 28.7 Å². The summed E-state index contributed by atoms with van der Waals surface area (Å²) in [6, 6.07) is 1.75. The van der Waals surface area contributed by atoms with Crippen molar-refractivity contribution in [2.75, 3.05) is 13.6 Å².